The minimum Gasteiger partial charge on any atom is -0.454 e. The van der Waals surface area contributed by atoms with Crippen LogP contribution in [0.5, 0.6) is 11.5 Å². The molecule has 42 heavy (non-hydrogen) atoms. The van der Waals surface area contributed by atoms with Gasteiger partial charge in [-0.1, -0.05) is 50.6 Å². The van der Waals surface area contributed by atoms with Crippen molar-refractivity contribution in [2.45, 2.75) is 69.1 Å². The Labute approximate surface area is 253 Å². The lowest BCUT2D eigenvalue weighted by atomic mass is 9.87. The zero-order chi connectivity index (χ0) is 30.2. The van der Waals surface area contributed by atoms with E-state index in [0.717, 1.165) is 24.8 Å². The molecule has 2 N–H and O–H groups in total. The number of ether oxygens (including phenoxy) is 4. The van der Waals surface area contributed by atoms with Gasteiger partial charge in [0.2, 0.25) is 16.8 Å². The van der Waals surface area contributed by atoms with Gasteiger partial charge in [0, 0.05) is 31.5 Å². The molecule has 0 radical (unpaired) electrons. The first-order valence-electron chi connectivity index (χ1n) is 14.3. The van der Waals surface area contributed by atoms with Gasteiger partial charge in [-0.05, 0) is 42.4 Å². The molecule has 4 rings (SSSR count). The number of carbonyl (C=O) groups is 1. The van der Waals surface area contributed by atoms with Crippen LogP contribution in [-0.4, -0.2) is 81.1 Å². The minimum absolute atomic E-state index is 0.0186. The van der Waals surface area contributed by atoms with Crippen molar-refractivity contribution in [2.75, 3.05) is 39.0 Å². The number of alkyl carbamates (subject to hydrolysis) is 1. The van der Waals surface area contributed by atoms with Crippen molar-refractivity contribution >= 4 is 27.7 Å². The molecule has 3 atom stereocenters. The number of nitrogens with zero attached hydrogens (tertiary/aromatic N) is 1. The van der Waals surface area contributed by atoms with Crippen LogP contribution in [0.3, 0.4) is 0 Å². The smallest absolute Gasteiger partial charge is 0.407 e. The Hall–Kier alpha value is -2.57. The molecule has 0 bridgehead atoms. The highest BCUT2D eigenvalue weighted by Crippen LogP contribution is 2.36. The van der Waals surface area contributed by atoms with E-state index in [1.165, 1.54) is 16.4 Å². The molecule has 232 valence electrons. The van der Waals surface area contributed by atoms with Crippen molar-refractivity contribution in [3.63, 3.8) is 0 Å². The molecule has 0 aromatic heterocycles. The largest absolute Gasteiger partial charge is 0.454 e. The molecular formula is C30H41ClN2O8S. The van der Waals surface area contributed by atoms with Gasteiger partial charge in [0.15, 0.2) is 11.5 Å². The standard InChI is InChI=1S/C30H41ClN2O8S/c1-30(2,13-6-7-14-31)20-33(42(36,37)24-10-11-27-28(17-24)40-21-39-27)18-26(34)25(16-22-8-4-3-5-9-22)32-29(35)41-23-12-15-38-19-23/h3-5,8-11,17,23,25-26,34H,6-7,12-16,18-21H2,1-2H3,(H,32,35)/t23?,25-,26?/m0/s1. The van der Waals surface area contributed by atoms with Crippen molar-refractivity contribution < 1.29 is 37.3 Å². The van der Waals surface area contributed by atoms with Crippen molar-refractivity contribution in [2.24, 2.45) is 5.41 Å². The molecule has 2 aromatic rings. The number of nitrogens with one attached hydrogen (secondary N) is 1. The van der Waals surface area contributed by atoms with Crippen LogP contribution in [-0.2, 0) is 25.9 Å². The molecule has 0 aliphatic carbocycles. The number of aliphatic hydroxyl groups is 1. The molecule has 2 unspecified atom stereocenters. The van der Waals surface area contributed by atoms with Gasteiger partial charge in [-0.3, -0.25) is 0 Å². The number of sulfonamides is 1. The van der Waals surface area contributed by atoms with Crippen LogP contribution in [0.4, 0.5) is 4.79 Å². The summed E-state index contributed by atoms with van der Waals surface area (Å²) in [5, 5.41) is 14.4. The fraction of sp³-hybridized carbons (Fsp3) is 0.567. The third kappa shape index (κ3) is 8.97. The Morgan fingerprint density at radius 3 is 2.64 bits per heavy atom. The van der Waals surface area contributed by atoms with Crippen LogP contribution in [0.25, 0.3) is 0 Å². The van der Waals surface area contributed by atoms with Gasteiger partial charge in [-0.25, -0.2) is 13.2 Å². The summed E-state index contributed by atoms with van der Waals surface area (Å²) in [5.41, 5.74) is 0.455. The normalized spacial score (nSPS) is 18.2. The predicted molar refractivity (Wildman–Crippen MR) is 158 cm³/mol. The molecule has 2 heterocycles. The predicted octanol–water partition coefficient (Wildman–Crippen LogP) is 4.33. The van der Waals surface area contributed by atoms with E-state index >= 15 is 0 Å². The zero-order valence-electron chi connectivity index (χ0n) is 24.2. The van der Waals surface area contributed by atoms with E-state index in [9.17, 15) is 18.3 Å². The van der Waals surface area contributed by atoms with E-state index < -0.39 is 33.7 Å². The molecule has 0 saturated carbocycles. The fourth-order valence-corrected chi connectivity index (χ4v) is 6.97. The summed E-state index contributed by atoms with van der Waals surface area (Å²) in [5.74, 6) is 1.35. The van der Waals surface area contributed by atoms with E-state index in [1.807, 2.05) is 44.2 Å². The third-order valence-corrected chi connectivity index (χ3v) is 9.52. The van der Waals surface area contributed by atoms with Gasteiger partial charge >= 0.3 is 6.09 Å². The highest BCUT2D eigenvalue weighted by Gasteiger charge is 2.36. The second-order valence-corrected chi connectivity index (χ2v) is 13.8. The van der Waals surface area contributed by atoms with E-state index in [-0.39, 0.29) is 37.3 Å². The van der Waals surface area contributed by atoms with Crippen LogP contribution in [0.15, 0.2) is 53.4 Å². The van der Waals surface area contributed by atoms with Gasteiger partial charge < -0.3 is 29.4 Å². The lowest BCUT2D eigenvalue weighted by Crippen LogP contribution is -2.52. The van der Waals surface area contributed by atoms with Crippen molar-refractivity contribution in [3.05, 3.63) is 54.1 Å². The number of fused-ring (bicyclic) bond motifs is 1. The van der Waals surface area contributed by atoms with Gasteiger partial charge in [0.05, 0.1) is 30.3 Å². The summed E-state index contributed by atoms with van der Waals surface area (Å²) < 4.78 is 51.0. The van der Waals surface area contributed by atoms with Crippen molar-refractivity contribution in [3.8, 4) is 11.5 Å². The summed E-state index contributed by atoms with van der Waals surface area (Å²) >= 11 is 5.89. The topological polar surface area (TPSA) is 124 Å². The second kappa shape index (κ2) is 14.7. The Morgan fingerprint density at radius 2 is 1.93 bits per heavy atom. The Bertz CT molecular complexity index is 1270. The molecule has 12 heteroatoms. The number of amides is 1. The number of aliphatic hydroxyl groups excluding tert-OH is 1. The molecular weight excluding hydrogens is 584 g/mol. The molecule has 1 saturated heterocycles. The first-order valence-corrected chi connectivity index (χ1v) is 16.3. The minimum atomic E-state index is -4.08. The first-order chi connectivity index (χ1) is 20.1. The Morgan fingerprint density at radius 1 is 1.17 bits per heavy atom. The van der Waals surface area contributed by atoms with Crippen molar-refractivity contribution in [1.82, 2.24) is 9.62 Å². The number of unbranched alkanes of at least 4 members (excludes halogenated alkanes) is 1. The SMILES string of the molecule is CC(C)(CCCCCl)CN(CC(O)[C@H](Cc1ccccc1)NC(=O)OC1CCOC1)S(=O)(=O)c1ccc2c(c1)OCO2. The van der Waals surface area contributed by atoms with Gasteiger partial charge in [-0.15, -0.1) is 11.6 Å². The Balaban J connectivity index is 1.58. The molecule has 1 amide bonds. The average Bonchev–Trinajstić information content (AvgIpc) is 3.64. The summed E-state index contributed by atoms with van der Waals surface area (Å²) in [6.07, 6.45) is 0.971. The monoisotopic (exact) mass is 624 g/mol. The fourth-order valence-electron chi connectivity index (χ4n) is 5.12. The maximum absolute atomic E-state index is 14.1. The van der Waals surface area contributed by atoms with Crippen LogP contribution >= 0.6 is 11.6 Å². The van der Waals surface area contributed by atoms with Crippen LogP contribution in [0.1, 0.15) is 45.1 Å². The molecule has 2 aromatic carbocycles. The molecule has 1 fully saturated rings. The molecule has 0 spiro atoms. The summed E-state index contributed by atoms with van der Waals surface area (Å²) in [6, 6.07) is 13.1. The number of halogens is 1. The number of rotatable bonds is 15. The average molecular weight is 625 g/mol. The second-order valence-electron chi connectivity index (χ2n) is 11.5. The van der Waals surface area contributed by atoms with E-state index in [1.54, 1.807) is 6.07 Å². The van der Waals surface area contributed by atoms with Crippen molar-refractivity contribution in [1.29, 1.82) is 0 Å². The highest BCUT2D eigenvalue weighted by molar-refractivity contribution is 7.89. The quantitative estimate of drug-likeness (QED) is 0.222. The van der Waals surface area contributed by atoms with Gasteiger partial charge in [-0.2, -0.15) is 4.31 Å². The lowest BCUT2D eigenvalue weighted by Gasteiger charge is -2.35. The summed E-state index contributed by atoms with van der Waals surface area (Å²) in [6.45, 7) is 4.74. The van der Waals surface area contributed by atoms with Crippen LogP contribution in [0, 0.1) is 5.41 Å². The van der Waals surface area contributed by atoms with Crippen LogP contribution in [0.2, 0.25) is 0 Å². The number of hydrogen-bond acceptors (Lipinski definition) is 8. The first kappa shape index (κ1) is 32.3. The van der Waals surface area contributed by atoms with E-state index in [4.69, 9.17) is 30.5 Å². The number of alkyl halides is 1. The number of carbonyl (C=O) groups excluding carboxylic acids is 1. The molecule has 10 nitrogen and oxygen atoms in total. The maximum Gasteiger partial charge on any atom is 0.407 e. The number of hydrogen-bond donors (Lipinski definition) is 2. The third-order valence-electron chi connectivity index (χ3n) is 7.44. The molecule has 2 aliphatic rings. The highest BCUT2D eigenvalue weighted by atomic mass is 35.5. The van der Waals surface area contributed by atoms with Gasteiger partial charge in [0.1, 0.15) is 6.10 Å². The van der Waals surface area contributed by atoms with Gasteiger partial charge in [0.25, 0.3) is 0 Å². The zero-order valence-corrected chi connectivity index (χ0v) is 25.7. The summed E-state index contributed by atoms with van der Waals surface area (Å²) in [4.78, 5) is 12.9. The summed E-state index contributed by atoms with van der Waals surface area (Å²) in [7, 11) is -4.08. The Kier molecular flexibility index (Phi) is 11.4. The lowest BCUT2D eigenvalue weighted by molar-refractivity contribution is 0.0624. The molecule has 2 aliphatic heterocycles. The maximum atomic E-state index is 14.1. The van der Waals surface area contributed by atoms with E-state index in [0.29, 0.717) is 37.0 Å². The number of benzene rings is 2. The van der Waals surface area contributed by atoms with Crippen LogP contribution < -0.4 is 14.8 Å². The van der Waals surface area contributed by atoms with E-state index in [2.05, 4.69) is 5.32 Å².